The Balaban J connectivity index is 3.56. The fraction of sp³-hybridized carbons (Fsp3) is 0.571. The standard InChI is InChI=1S/C7H13NO3/c1-6(2-4-9)7(11)8-3-5-10/h9-10H,1-5H2,(H,8,11). The highest BCUT2D eigenvalue weighted by Crippen LogP contribution is 1.94. The molecule has 0 aromatic rings. The third-order valence-electron chi connectivity index (χ3n) is 1.13. The van der Waals surface area contributed by atoms with Gasteiger partial charge in [0.05, 0.1) is 6.61 Å². The summed E-state index contributed by atoms with van der Waals surface area (Å²) in [6.45, 7) is 3.51. The molecule has 0 spiro atoms. The lowest BCUT2D eigenvalue weighted by Crippen LogP contribution is -2.27. The molecule has 1 amide bonds. The van der Waals surface area contributed by atoms with Crippen LogP contribution < -0.4 is 5.32 Å². The monoisotopic (exact) mass is 159 g/mol. The molecule has 0 atom stereocenters. The van der Waals surface area contributed by atoms with Crippen LogP contribution in [0.15, 0.2) is 12.2 Å². The van der Waals surface area contributed by atoms with E-state index in [1.54, 1.807) is 0 Å². The van der Waals surface area contributed by atoms with Gasteiger partial charge in [0.2, 0.25) is 5.91 Å². The Labute approximate surface area is 65.5 Å². The molecule has 0 aliphatic heterocycles. The van der Waals surface area contributed by atoms with Crippen molar-refractivity contribution in [2.24, 2.45) is 0 Å². The maximum absolute atomic E-state index is 10.9. The van der Waals surface area contributed by atoms with Gasteiger partial charge in [0.25, 0.3) is 0 Å². The zero-order valence-electron chi connectivity index (χ0n) is 6.34. The van der Waals surface area contributed by atoms with Gasteiger partial charge in [0.15, 0.2) is 0 Å². The molecule has 0 rings (SSSR count). The summed E-state index contributed by atoms with van der Waals surface area (Å²) in [7, 11) is 0. The minimum absolute atomic E-state index is 0.0780. The van der Waals surface area contributed by atoms with Gasteiger partial charge in [-0.15, -0.1) is 0 Å². The Morgan fingerprint density at radius 1 is 1.36 bits per heavy atom. The maximum Gasteiger partial charge on any atom is 0.246 e. The fourth-order valence-electron chi connectivity index (χ4n) is 0.543. The van der Waals surface area contributed by atoms with E-state index < -0.39 is 0 Å². The Morgan fingerprint density at radius 3 is 2.45 bits per heavy atom. The van der Waals surface area contributed by atoms with Gasteiger partial charge in [0, 0.05) is 25.1 Å². The number of aliphatic hydroxyl groups excluding tert-OH is 2. The van der Waals surface area contributed by atoms with Crippen molar-refractivity contribution in [3.8, 4) is 0 Å². The lowest BCUT2D eigenvalue weighted by atomic mass is 10.2. The first kappa shape index (κ1) is 10.1. The number of carbonyl (C=O) groups is 1. The van der Waals surface area contributed by atoms with Gasteiger partial charge in [-0.05, 0) is 0 Å². The first-order valence-electron chi connectivity index (χ1n) is 3.40. The van der Waals surface area contributed by atoms with Crippen LogP contribution in [-0.4, -0.2) is 35.9 Å². The van der Waals surface area contributed by atoms with Crippen molar-refractivity contribution in [3.63, 3.8) is 0 Å². The average Bonchev–Trinajstić information content (AvgIpc) is 2.00. The molecule has 0 aliphatic rings. The molecular weight excluding hydrogens is 146 g/mol. The van der Waals surface area contributed by atoms with E-state index in [9.17, 15) is 4.79 Å². The molecule has 3 N–H and O–H groups in total. The van der Waals surface area contributed by atoms with Crippen LogP contribution in [0, 0.1) is 0 Å². The number of rotatable bonds is 5. The van der Waals surface area contributed by atoms with Crippen LogP contribution >= 0.6 is 0 Å². The minimum atomic E-state index is -0.312. The lowest BCUT2D eigenvalue weighted by molar-refractivity contribution is -0.117. The van der Waals surface area contributed by atoms with Crippen molar-refractivity contribution in [2.75, 3.05) is 19.8 Å². The Hall–Kier alpha value is -0.870. The van der Waals surface area contributed by atoms with Gasteiger partial charge < -0.3 is 15.5 Å². The Morgan fingerprint density at radius 2 is 2.00 bits per heavy atom. The van der Waals surface area contributed by atoms with Gasteiger partial charge in [-0.3, -0.25) is 4.79 Å². The Bertz CT molecular complexity index is 145. The van der Waals surface area contributed by atoms with E-state index in [0.717, 1.165) is 0 Å². The molecule has 0 bridgehead atoms. The third kappa shape index (κ3) is 4.52. The van der Waals surface area contributed by atoms with E-state index in [0.29, 0.717) is 5.57 Å². The summed E-state index contributed by atoms with van der Waals surface area (Å²) in [5, 5.41) is 19.2. The molecular formula is C7H13NO3. The SMILES string of the molecule is C=C(CCO)C(=O)NCCO. The number of nitrogens with one attached hydrogen (secondary N) is 1. The molecule has 0 heterocycles. The van der Waals surface area contributed by atoms with Crippen LogP contribution in [0.3, 0.4) is 0 Å². The lowest BCUT2D eigenvalue weighted by Gasteiger charge is -2.03. The molecule has 0 radical (unpaired) electrons. The van der Waals surface area contributed by atoms with Gasteiger partial charge in [0.1, 0.15) is 0 Å². The number of amides is 1. The molecule has 0 saturated heterocycles. The van der Waals surface area contributed by atoms with Gasteiger partial charge in [-0.2, -0.15) is 0 Å². The van der Waals surface area contributed by atoms with Crippen molar-refractivity contribution in [1.82, 2.24) is 5.32 Å². The third-order valence-corrected chi connectivity index (χ3v) is 1.13. The average molecular weight is 159 g/mol. The van der Waals surface area contributed by atoms with Crippen molar-refractivity contribution >= 4 is 5.91 Å². The summed E-state index contributed by atoms with van der Waals surface area (Å²) >= 11 is 0. The van der Waals surface area contributed by atoms with E-state index >= 15 is 0 Å². The van der Waals surface area contributed by atoms with Crippen LogP contribution in [0.2, 0.25) is 0 Å². The van der Waals surface area contributed by atoms with E-state index in [1.165, 1.54) is 0 Å². The summed E-state index contributed by atoms with van der Waals surface area (Å²) in [5.74, 6) is -0.312. The fourth-order valence-corrected chi connectivity index (χ4v) is 0.543. The molecule has 64 valence electrons. The molecule has 0 aromatic heterocycles. The van der Waals surface area contributed by atoms with Gasteiger partial charge in [-0.1, -0.05) is 6.58 Å². The highest BCUT2D eigenvalue weighted by Gasteiger charge is 2.03. The van der Waals surface area contributed by atoms with E-state index in [4.69, 9.17) is 10.2 Å². The summed E-state index contributed by atoms with van der Waals surface area (Å²) in [5.41, 5.74) is 0.334. The number of hydrogen-bond acceptors (Lipinski definition) is 3. The Kier molecular flexibility index (Phi) is 5.42. The number of hydrogen-bond donors (Lipinski definition) is 3. The second-order valence-corrected chi connectivity index (χ2v) is 2.06. The number of aliphatic hydroxyl groups is 2. The van der Waals surface area contributed by atoms with E-state index in [-0.39, 0.29) is 32.1 Å². The minimum Gasteiger partial charge on any atom is -0.396 e. The van der Waals surface area contributed by atoms with Crippen LogP contribution in [0.25, 0.3) is 0 Å². The molecule has 4 heteroatoms. The maximum atomic E-state index is 10.9. The van der Waals surface area contributed by atoms with Gasteiger partial charge in [-0.25, -0.2) is 0 Å². The molecule has 0 aliphatic carbocycles. The van der Waals surface area contributed by atoms with E-state index in [2.05, 4.69) is 11.9 Å². The normalized spacial score (nSPS) is 9.27. The summed E-state index contributed by atoms with van der Waals surface area (Å²) in [6, 6.07) is 0. The molecule has 0 fully saturated rings. The molecule has 11 heavy (non-hydrogen) atoms. The summed E-state index contributed by atoms with van der Waals surface area (Å²) < 4.78 is 0. The van der Waals surface area contributed by atoms with E-state index in [1.807, 2.05) is 0 Å². The molecule has 0 aromatic carbocycles. The zero-order valence-corrected chi connectivity index (χ0v) is 6.34. The summed E-state index contributed by atoms with van der Waals surface area (Å²) in [4.78, 5) is 10.9. The largest absolute Gasteiger partial charge is 0.396 e. The van der Waals surface area contributed by atoms with Gasteiger partial charge >= 0.3 is 0 Å². The van der Waals surface area contributed by atoms with Crippen molar-refractivity contribution < 1.29 is 15.0 Å². The zero-order chi connectivity index (χ0) is 8.69. The quantitative estimate of drug-likeness (QED) is 0.452. The molecule has 4 nitrogen and oxygen atoms in total. The van der Waals surface area contributed by atoms with Crippen molar-refractivity contribution in [3.05, 3.63) is 12.2 Å². The van der Waals surface area contributed by atoms with Crippen LogP contribution in [0.4, 0.5) is 0 Å². The highest BCUT2D eigenvalue weighted by atomic mass is 16.3. The summed E-state index contributed by atoms with van der Waals surface area (Å²) in [6.07, 6.45) is 0.275. The van der Waals surface area contributed by atoms with Crippen molar-refractivity contribution in [2.45, 2.75) is 6.42 Å². The smallest absolute Gasteiger partial charge is 0.246 e. The predicted molar refractivity (Wildman–Crippen MR) is 40.9 cm³/mol. The highest BCUT2D eigenvalue weighted by molar-refractivity contribution is 5.92. The van der Waals surface area contributed by atoms with Crippen LogP contribution in [0.1, 0.15) is 6.42 Å². The van der Waals surface area contributed by atoms with Crippen LogP contribution in [-0.2, 0) is 4.79 Å². The second kappa shape index (κ2) is 5.88. The first-order chi connectivity index (χ1) is 5.22. The topological polar surface area (TPSA) is 69.6 Å². The van der Waals surface area contributed by atoms with Crippen molar-refractivity contribution in [1.29, 1.82) is 0 Å². The molecule has 0 saturated carbocycles. The second-order valence-electron chi connectivity index (χ2n) is 2.06. The van der Waals surface area contributed by atoms with Crippen LogP contribution in [0.5, 0.6) is 0 Å². The molecule has 0 unspecified atom stereocenters. The first-order valence-corrected chi connectivity index (χ1v) is 3.40. The number of carbonyl (C=O) groups excluding carboxylic acids is 1. The predicted octanol–water partition coefficient (Wildman–Crippen LogP) is -0.967.